The van der Waals surface area contributed by atoms with Gasteiger partial charge in [0.2, 0.25) is 5.91 Å². The number of ether oxygens (including phenoxy) is 1. The van der Waals surface area contributed by atoms with Gasteiger partial charge in [-0.05, 0) is 59.0 Å². The number of amides is 1. The van der Waals surface area contributed by atoms with Crippen molar-refractivity contribution in [3.05, 3.63) is 73.9 Å². The summed E-state index contributed by atoms with van der Waals surface area (Å²) in [6.07, 6.45) is 1.79. The van der Waals surface area contributed by atoms with Crippen molar-refractivity contribution in [3.8, 4) is 5.75 Å². The second kappa shape index (κ2) is 7.82. The first-order valence-corrected chi connectivity index (χ1v) is 10.6. The molecule has 0 saturated heterocycles. The summed E-state index contributed by atoms with van der Waals surface area (Å²) in [6, 6.07) is 11.2. The Morgan fingerprint density at radius 1 is 1.26 bits per heavy atom. The van der Waals surface area contributed by atoms with E-state index in [-0.39, 0.29) is 23.5 Å². The van der Waals surface area contributed by atoms with Crippen LogP contribution in [0.25, 0.3) is 0 Å². The van der Waals surface area contributed by atoms with Crippen molar-refractivity contribution in [2.45, 2.75) is 25.3 Å². The number of carbonyl (C=O) groups is 1. The lowest BCUT2D eigenvalue weighted by molar-refractivity contribution is -0.133. The lowest BCUT2D eigenvalue weighted by Crippen LogP contribution is -2.39. The van der Waals surface area contributed by atoms with Crippen molar-refractivity contribution >= 4 is 28.6 Å². The van der Waals surface area contributed by atoms with Gasteiger partial charge in [0.05, 0.1) is 13.2 Å². The van der Waals surface area contributed by atoms with E-state index in [1.165, 1.54) is 28.5 Å². The number of hydrogen-bond donors (Lipinski definition) is 0. The van der Waals surface area contributed by atoms with Gasteiger partial charge in [0.25, 0.3) is 0 Å². The van der Waals surface area contributed by atoms with E-state index < -0.39 is 0 Å². The number of hydrogen-bond acceptors (Lipinski definition) is 4. The Morgan fingerprint density at radius 2 is 2.15 bits per heavy atom. The predicted molar refractivity (Wildman–Crippen MR) is 107 cm³/mol. The van der Waals surface area contributed by atoms with Crippen LogP contribution in [0.15, 0.2) is 47.2 Å². The number of aryl methyl sites for hydroxylation is 1. The number of nitrogens with zero attached hydrogens (tertiary/aromatic N) is 1. The minimum atomic E-state index is -0.389. The van der Waals surface area contributed by atoms with Crippen LogP contribution in [0, 0.1) is 5.82 Å². The molecular formula is C21H20FNO2S2. The van der Waals surface area contributed by atoms with Crippen molar-refractivity contribution in [2.75, 3.05) is 13.7 Å². The molecule has 0 fully saturated rings. The van der Waals surface area contributed by atoms with Gasteiger partial charge < -0.3 is 9.64 Å². The highest BCUT2D eigenvalue weighted by molar-refractivity contribution is 7.10. The molecule has 3 heterocycles. The van der Waals surface area contributed by atoms with E-state index >= 15 is 0 Å². The zero-order valence-corrected chi connectivity index (χ0v) is 16.6. The normalized spacial score (nSPS) is 16.2. The van der Waals surface area contributed by atoms with Gasteiger partial charge in [-0.15, -0.1) is 22.7 Å². The third kappa shape index (κ3) is 3.64. The van der Waals surface area contributed by atoms with E-state index in [4.69, 9.17) is 4.74 Å². The largest absolute Gasteiger partial charge is 0.494 e. The van der Waals surface area contributed by atoms with Crippen LogP contribution in [-0.2, 0) is 17.6 Å². The van der Waals surface area contributed by atoms with Gasteiger partial charge in [0.1, 0.15) is 0 Å². The van der Waals surface area contributed by atoms with Crippen molar-refractivity contribution in [3.63, 3.8) is 0 Å². The van der Waals surface area contributed by atoms with Gasteiger partial charge in [0, 0.05) is 22.7 Å². The van der Waals surface area contributed by atoms with Crippen molar-refractivity contribution in [1.82, 2.24) is 4.90 Å². The Balaban J connectivity index is 1.51. The zero-order valence-electron chi connectivity index (χ0n) is 15.0. The molecule has 1 aliphatic heterocycles. The minimum Gasteiger partial charge on any atom is -0.494 e. The van der Waals surface area contributed by atoms with E-state index in [9.17, 15) is 9.18 Å². The molecule has 4 rings (SSSR count). The number of methoxy groups -OCH3 is 1. The Kier molecular flexibility index (Phi) is 5.27. The summed E-state index contributed by atoms with van der Waals surface area (Å²) in [7, 11) is 1.45. The van der Waals surface area contributed by atoms with E-state index in [1.54, 1.807) is 28.7 Å². The maximum absolute atomic E-state index is 13.9. The summed E-state index contributed by atoms with van der Waals surface area (Å²) in [6.45, 7) is 0.728. The van der Waals surface area contributed by atoms with Crippen LogP contribution in [0.5, 0.6) is 5.75 Å². The molecule has 140 valence electrons. The quantitative estimate of drug-likeness (QED) is 0.598. The summed E-state index contributed by atoms with van der Waals surface area (Å²) < 4.78 is 18.8. The summed E-state index contributed by atoms with van der Waals surface area (Å²) in [5, 5.41) is 4.16. The molecule has 1 aliphatic rings. The average molecular weight is 402 g/mol. The van der Waals surface area contributed by atoms with Crippen molar-refractivity contribution in [2.24, 2.45) is 0 Å². The fraction of sp³-hybridized carbons (Fsp3) is 0.286. The number of fused-ring (bicyclic) bond motifs is 1. The van der Waals surface area contributed by atoms with Gasteiger partial charge in [0.15, 0.2) is 11.6 Å². The molecule has 27 heavy (non-hydrogen) atoms. The smallest absolute Gasteiger partial charge is 0.223 e. The van der Waals surface area contributed by atoms with Gasteiger partial charge in [-0.2, -0.15) is 0 Å². The highest BCUT2D eigenvalue weighted by Gasteiger charge is 2.33. The number of rotatable bonds is 5. The minimum absolute atomic E-state index is 0.0000958. The maximum Gasteiger partial charge on any atom is 0.223 e. The van der Waals surface area contributed by atoms with Crippen molar-refractivity contribution < 1.29 is 13.9 Å². The van der Waals surface area contributed by atoms with Gasteiger partial charge in [-0.25, -0.2) is 4.39 Å². The molecule has 6 heteroatoms. The maximum atomic E-state index is 13.9. The number of halogens is 1. The van der Waals surface area contributed by atoms with Crippen LogP contribution in [0.3, 0.4) is 0 Å². The van der Waals surface area contributed by atoms with E-state index in [0.29, 0.717) is 12.8 Å². The molecule has 0 N–H and O–H groups in total. The topological polar surface area (TPSA) is 29.5 Å². The average Bonchev–Trinajstić information content (AvgIpc) is 3.37. The summed E-state index contributed by atoms with van der Waals surface area (Å²) in [5.74, 6) is -0.0508. The van der Waals surface area contributed by atoms with E-state index in [0.717, 1.165) is 18.5 Å². The molecule has 1 atom stereocenters. The molecule has 1 unspecified atom stereocenters. The molecule has 3 nitrogen and oxygen atoms in total. The monoisotopic (exact) mass is 401 g/mol. The molecule has 2 aromatic heterocycles. The van der Waals surface area contributed by atoms with Gasteiger partial charge >= 0.3 is 0 Å². The number of benzene rings is 1. The summed E-state index contributed by atoms with van der Waals surface area (Å²) in [4.78, 5) is 17.6. The van der Waals surface area contributed by atoms with Crippen LogP contribution in [0.1, 0.15) is 33.3 Å². The van der Waals surface area contributed by atoms with Crippen LogP contribution in [0.2, 0.25) is 0 Å². The highest BCUT2D eigenvalue weighted by atomic mass is 32.1. The molecule has 0 aliphatic carbocycles. The standard InChI is InChI=1S/C21H20FNO2S2/c1-25-17-6-4-14(13-16(17)22)5-7-20(24)23-10-8-18-15(9-12-27-18)21(23)19-3-2-11-26-19/h2-4,6,9,11-13,21H,5,7-8,10H2,1H3. The fourth-order valence-corrected chi connectivity index (χ4v) is 5.36. The van der Waals surface area contributed by atoms with Gasteiger partial charge in [-0.1, -0.05) is 12.1 Å². The van der Waals surface area contributed by atoms with Crippen LogP contribution in [0.4, 0.5) is 4.39 Å². The first-order valence-electron chi connectivity index (χ1n) is 8.89. The third-order valence-electron chi connectivity index (χ3n) is 4.94. The lowest BCUT2D eigenvalue weighted by atomic mass is 9.97. The molecule has 0 spiro atoms. The third-order valence-corrected chi connectivity index (χ3v) is 6.86. The molecule has 0 bridgehead atoms. The zero-order chi connectivity index (χ0) is 18.8. The molecule has 1 aromatic carbocycles. The predicted octanol–water partition coefficient (Wildman–Crippen LogP) is 5.06. The molecule has 0 saturated carbocycles. The Hall–Kier alpha value is -2.18. The number of thiophene rings is 2. The molecule has 3 aromatic rings. The van der Waals surface area contributed by atoms with Crippen LogP contribution < -0.4 is 4.74 Å². The van der Waals surface area contributed by atoms with Crippen LogP contribution >= 0.6 is 22.7 Å². The molecule has 0 radical (unpaired) electrons. The summed E-state index contributed by atoms with van der Waals surface area (Å²) in [5.41, 5.74) is 2.06. The first kappa shape index (κ1) is 18.2. The second-order valence-corrected chi connectivity index (χ2v) is 8.50. The summed E-state index contributed by atoms with van der Waals surface area (Å²) >= 11 is 3.45. The number of carbonyl (C=O) groups excluding carboxylic acids is 1. The van der Waals surface area contributed by atoms with E-state index in [2.05, 4.69) is 22.9 Å². The fourth-order valence-electron chi connectivity index (χ4n) is 3.60. The van der Waals surface area contributed by atoms with Crippen molar-refractivity contribution in [1.29, 1.82) is 0 Å². The first-order chi connectivity index (χ1) is 13.2. The Labute approximate surface area is 166 Å². The van der Waals surface area contributed by atoms with Crippen LogP contribution in [-0.4, -0.2) is 24.5 Å². The Bertz CT molecular complexity index is 936. The molecule has 1 amide bonds. The SMILES string of the molecule is COc1ccc(CCC(=O)N2CCc3sccc3C2c2cccs2)cc1F. The highest BCUT2D eigenvalue weighted by Crippen LogP contribution is 2.39. The lowest BCUT2D eigenvalue weighted by Gasteiger charge is -2.35. The van der Waals surface area contributed by atoms with Gasteiger partial charge in [-0.3, -0.25) is 4.79 Å². The van der Waals surface area contributed by atoms with E-state index in [1.807, 2.05) is 17.0 Å². The Morgan fingerprint density at radius 3 is 2.89 bits per heavy atom. The second-order valence-electron chi connectivity index (χ2n) is 6.52. The molecular weight excluding hydrogens is 381 g/mol.